The van der Waals surface area contributed by atoms with Crippen molar-refractivity contribution in [2.45, 2.75) is 20.4 Å². The first kappa shape index (κ1) is 9.36. The molecule has 0 aliphatic heterocycles. The van der Waals surface area contributed by atoms with E-state index in [0.717, 1.165) is 27.7 Å². The van der Waals surface area contributed by atoms with Crippen molar-refractivity contribution < 1.29 is 4.42 Å². The Hall–Kier alpha value is -1.20. The van der Waals surface area contributed by atoms with Crippen LogP contribution in [-0.2, 0) is 6.54 Å². The molecule has 4 nitrogen and oxygen atoms in total. The molecule has 0 amide bonds. The number of aryl methyl sites for hydroxylation is 2. The van der Waals surface area contributed by atoms with Gasteiger partial charge in [-0.05, 0) is 31.4 Å². The van der Waals surface area contributed by atoms with E-state index in [4.69, 9.17) is 10.2 Å². The molecule has 2 rings (SSSR count). The minimum absolute atomic E-state index is 0.469. The van der Waals surface area contributed by atoms with Crippen molar-refractivity contribution in [2.24, 2.45) is 5.73 Å². The average Bonchev–Trinajstić information content (AvgIpc) is 2.71. The van der Waals surface area contributed by atoms with Gasteiger partial charge in [0.2, 0.25) is 0 Å². The molecule has 0 aliphatic rings. The van der Waals surface area contributed by atoms with Gasteiger partial charge in [0.25, 0.3) is 0 Å². The predicted octanol–water partition coefficient (Wildman–Crippen LogP) is 1.87. The van der Waals surface area contributed by atoms with Crippen molar-refractivity contribution in [3.63, 3.8) is 0 Å². The zero-order valence-electron chi connectivity index (χ0n) is 8.07. The highest BCUT2D eigenvalue weighted by molar-refractivity contribution is 7.05. The summed E-state index contributed by atoms with van der Waals surface area (Å²) in [6, 6.07) is 1.96. The van der Waals surface area contributed by atoms with E-state index in [1.807, 2.05) is 19.9 Å². The van der Waals surface area contributed by atoms with Crippen LogP contribution in [-0.4, -0.2) is 9.59 Å². The third-order valence-corrected chi connectivity index (χ3v) is 2.78. The molecule has 0 aliphatic carbocycles. The second kappa shape index (κ2) is 3.51. The molecule has 2 N–H and O–H groups in total. The normalized spacial score (nSPS) is 10.8. The van der Waals surface area contributed by atoms with E-state index in [-0.39, 0.29) is 0 Å². The largest absolute Gasteiger partial charge is 0.466 e. The first-order chi connectivity index (χ1) is 6.72. The van der Waals surface area contributed by atoms with Gasteiger partial charge >= 0.3 is 0 Å². The standard InChI is InChI=1S/C9H11N3OS/c1-5-3-7(6(2)13-5)9-8(4-10)14-12-11-9/h3H,4,10H2,1-2H3. The maximum absolute atomic E-state index is 5.59. The maximum atomic E-state index is 5.59. The van der Waals surface area contributed by atoms with Crippen molar-refractivity contribution in [1.82, 2.24) is 9.59 Å². The number of aromatic nitrogens is 2. The molecule has 0 saturated carbocycles. The summed E-state index contributed by atoms with van der Waals surface area (Å²) in [6.45, 7) is 4.30. The maximum Gasteiger partial charge on any atom is 0.113 e. The van der Waals surface area contributed by atoms with Gasteiger partial charge in [0.1, 0.15) is 17.2 Å². The van der Waals surface area contributed by atoms with Gasteiger partial charge < -0.3 is 10.2 Å². The summed E-state index contributed by atoms with van der Waals surface area (Å²) >= 11 is 1.33. The second-order valence-corrected chi connectivity index (χ2v) is 3.91. The van der Waals surface area contributed by atoms with E-state index in [9.17, 15) is 0 Å². The Kier molecular flexibility index (Phi) is 2.35. The highest BCUT2D eigenvalue weighted by Gasteiger charge is 2.14. The van der Waals surface area contributed by atoms with E-state index in [1.165, 1.54) is 11.5 Å². The molecule has 5 heteroatoms. The third-order valence-electron chi connectivity index (χ3n) is 2.04. The number of nitrogens with zero attached hydrogens (tertiary/aromatic N) is 2. The quantitative estimate of drug-likeness (QED) is 0.820. The van der Waals surface area contributed by atoms with Crippen LogP contribution in [0.1, 0.15) is 16.4 Å². The lowest BCUT2D eigenvalue weighted by molar-refractivity contribution is 0.505. The zero-order valence-corrected chi connectivity index (χ0v) is 8.89. The van der Waals surface area contributed by atoms with Crippen molar-refractivity contribution >= 4 is 11.5 Å². The highest BCUT2D eigenvalue weighted by atomic mass is 32.1. The number of hydrogen-bond acceptors (Lipinski definition) is 5. The molecule has 0 radical (unpaired) electrons. The molecule has 2 aromatic heterocycles. The Morgan fingerprint density at radius 1 is 1.50 bits per heavy atom. The Morgan fingerprint density at radius 2 is 2.29 bits per heavy atom. The van der Waals surface area contributed by atoms with Crippen LogP contribution in [0.2, 0.25) is 0 Å². The van der Waals surface area contributed by atoms with Crippen LogP contribution >= 0.6 is 11.5 Å². The Morgan fingerprint density at radius 3 is 2.86 bits per heavy atom. The van der Waals surface area contributed by atoms with E-state index < -0.39 is 0 Å². The van der Waals surface area contributed by atoms with Crippen LogP contribution in [0.25, 0.3) is 11.3 Å². The first-order valence-corrected chi connectivity index (χ1v) is 5.08. The molecule has 0 aromatic carbocycles. The third kappa shape index (κ3) is 1.44. The van der Waals surface area contributed by atoms with Gasteiger partial charge in [-0.3, -0.25) is 0 Å². The molecular weight excluding hydrogens is 198 g/mol. The van der Waals surface area contributed by atoms with Gasteiger partial charge in [-0.1, -0.05) is 4.49 Å². The van der Waals surface area contributed by atoms with Crippen LogP contribution in [0.4, 0.5) is 0 Å². The van der Waals surface area contributed by atoms with Gasteiger partial charge in [-0.2, -0.15) is 0 Å². The lowest BCUT2D eigenvalue weighted by atomic mass is 10.1. The second-order valence-electron chi connectivity index (χ2n) is 3.08. The van der Waals surface area contributed by atoms with Crippen LogP contribution in [0, 0.1) is 13.8 Å². The lowest BCUT2D eigenvalue weighted by Crippen LogP contribution is -1.95. The molecule has 0 atom stereocenters. The molecule has 0 bridgehead atoms. The molecule has 0 saturated heterocycles. The fourth-order valence-electron chi connectivity index (χ4n) is 1.41. The van der Waals surface area contributed by atoms with Crippen molar-refractivity contribution in [2.75, 3.05) is 0 Å². The van der Waals surface area contributed by atoms with Gasteiger partial charge in [-0.15, -0.1) is 5.10 Å². The molecule has 2 aromatic rings. The van der Waals surface area contributed by atoms with Crippen LogP contribution in [0.3, 0.4) is 0 Å². The van der Waals surface area contributed by atoms with E-state index in [0.29, 0.717) is 6.54 Å². The molecule has 74 valence electrons. The number of rotatable bonds is 2. The molecule has 2 heterocycles. The Bertz CT molecular complexity index is 447. The molecule has 0 unspecified atom stereocenters. The Balaban J connectivity index is 2.53. The molecular formula is C9H11N3OS. The topological polar surface area (TPSA) is 64.9 Å². The van der Waals surface area contributed by atoms with E-state index >= 15 is 0 Å². The fourth-order valence-corrected chi connectivity index (χ4v) is 1.95. The van der Waals surface area contributed by atoms with Gasteiger partial charge in [-0.25, -0.2) is 0 Å². The molecule has 14 heavy (non-hydrogen) atoms. The zero-order chi connectivity index (χ0) is 10.1. The Labute approximate surface area is 85.9 Å². The summed E-state index contributed by atoms with van der Waals surface area (Å²) in [5, 5.41) is 4.06. The number of hydrogen-bond donors (Lipinski definition) is 1. The summed E-state index contributed by atoms with van der Waals surface area (Å²) in [5.74, 6) is 1.75. The van der Waals surface area contributed by atoms with Gasteiger partial charge in [0, 0.05) is 12.1 Å². The monoisotopic (exact) mass is 209 g/mol. The van der Waals surface area contributed by atoms with Crippen LogP contribution in [0.15, 0.2) is 10.5 Å². The minimum Gasteiger partial charge on any atom is -0.466 e. The van der Waals surface area contributed by atoms with Crippen molar-refractivity contribution in [3.05, 3.63) is 22.5 Å². The first-order valence-electron chi connectivity index (χ1n) is 4.31. The lowest BCUT2D eigenvalue weighted by Gasteiger charge is -1.94. The summed E-state index contributed by atoms with van der Waals surface area (Å²) in [4.78, 5) is 0.994. The van der Waals surface area contributed by atoms with Crippen LogP contribution < -0.4 is 5.73 Å². The van der Waals surface area contributed by atoms with Crippen LogP contribution in [0.5, 0.6) is 0 Å². The SMILES string of the molecule is Cc1cc(-c2nnsc2CN)c(C)o1. The average molecular weight is 209 g/mol. The van der Waals surface area contributed by atoms with Gasteiger partial charge in [0.05, 0.1) is 4.88 Å². The number of nitrogens with two attached hydrogens (primary N) is 1. The molecule has 0 spiro atoms. The summed E-state index contributed by atoms with van der Waals surface area (Å²) < 4.78 is 9.32. The summed E-state index contributed by atoms with van der Waals surface area (Å²) in [7, 11) is 0. The number of furan rings is 1. The van der Waals surface area contributed by atoms with Gasteiger partial charge in [0.15, 0.2) is 0 Å². The minimum atomic E-state index is 0.469. The fraction of sp³-hybridized carbons (Fsp3) is 0.333. The molecule has 0 fully saturated rings. The summed E-state index contributed by atoms with van der Waals surface area (Å²) in [5.41, 5.74) is 7.44. The predicted molar refractivity (Wildman–Crippen MR) is 55.0 cm³/mol. The van der Waals surface area contributed by atoms with Crippen molar-refractivity contribution in [3.8, 4) is 11.3 Å². The smallest absolute Gasteiger partial charge is 0.113 e. The summed E-state index contributed by atoms with van der Waals surface area (Å²) in [6.07, 6.45) is 0. The van der Waals surface area contributed by atoms with Crippen molar-refractivity contribution in [1.29, 1.82) is 0 Å². The van der Waals surface area contributed by atoms with E-state index in [2.05, 4.69) is 9.59 Å². The highest BCUT2D eigenvalue weighted by Crippen LogP contribution is 2.28. The van der Waals surface area contributed by atoms with E-state index in [1.54, 1.807) is 0 Å².